The van der Waals surface area contributed by atoms with Gasteiger partial charge in [0.25, 0.3) is 11.8 Å². The van der Waals surface area contributed by atoms with E-state index in [0.717, 1.165) is 11.1 Å². The summed E-state index contributed by atoms with van der Waals surface area (Å²) in [6.45, 7) is 0. The molecule has 3 unspecified atom stereocenters. The van der Waals surface area contributed by atoms with E-state index in [4.69, 9.17) is 4.52 Å². The molecule has 0 spiro atoms. The lowest BCUT2D eigenvalue weighted by Gasteiger charge is -2.16. The van der Waals surface area contributed by atoms with Gasteiger partial charge in [-0.3, -0.25) is 14.6 Å². The van der Waals surface area contributed by atoms with Crippen LogP contribution < -0.4 is 0 Å². The second-order valence-electron chi connectivity index (χ2n) is 7.35. The summed E-state index contributed by atoms with van der Waals surface area (Å²) in [6.07, 6.45) is 3.32. The smallest absolute Gasteiger partial charge is 0.276 e. The molecule has 2 amide bonds. The first-order valence-electron chi connectivity index (χ1n) is 9.79. The highest BCUT2D eigenvalue weighted by Gasteiger charge is 2.61. The molecule has 8 heteroatoms. The van der Waals surface area contributed by atoms with Gasteiger partial charge in [0, 0.05) is 18.0 Å². The van der Waals surface area contributed by atoms with Crippen LogP contribution >= 0.6 is 0 Å². The molecule has 6 rings (SSSR count). The molecule has 150 valence electrons. The van der Waals surface area contributed by atoms with Crippen molar-refractivity contribution in [2.45, 2.75) is 12.1 Å². The van der Waals surface area contributed by atoms with Crippen LogP contribution in [0.3, 0.4) is 0 Å². The van der Waals surface area contributed by atoms with Crippen LogP contribution in [-0.2, 0) is 0 Å². The molecular weight excluding hydrogens is 394 g/mol. The van der Waals surface area contributed by atoms with Crippen molar-refractivity contribution in [2.24, 2.45) is 0 Å². The summed E-state index contributed by atoms with van der Waals surface area (Å²) in [7, 11) is 0. The average molecular weight is 409 g/mol. The second kappa shape index (κ2) is 6.68. The van der Waals surface area contributed by atoms with Gasteiger partial charge in [0.2, 0.25) is 11.7 Å². The lowest BCUT2D eigenvalue weighted by atomic mass is 10.1. The van der Waals surface area contributed by atoms with Gasteiger partial charge in [-0.05, 0) is 29.8 Å². The Kier molecular flexibility index (Phi) is 3.81. The minimum absolute atomic E-state index is 0.273. The Bertz CT molecular complexity index is 1270. The van der Waals surface area contributed by atoms with Crippen molar-refractivity contribution in [1.29, 1.82) is 0 Å². The van der Waals surface area contributed by atoms with E-state index in [-0.39, 0.29) is 17.9 Å². The zero-order valence-corrected chi connectivity index (χ0v) is 16.1. The van der Waals surface area contributed by atoms with E-state index >= 15 is 0 Å². The number of rotatable bonds is 4. The Balaban J connectivity index is 1.39. The third kappa shape index (κ3) is 2.69. The minimum atomic E-state index is -0.428. The van der Waals surface area contributed by atoms with Crippen LogP contribution in [0, 0.1) is 0 Å². The van der Waals surface area contributed by atoms with Crippen LogP contribution in [0.4, 0.5) is 0 Å². The quantitative estimate of drug-likeness (QED) is 0.377. The van der Waals surface area contributed by atoms with Gasteiger partial charge in [-0.25, -0.2) is 5.01 Å². The van der Waals surface area contributed by atoms with Crippen LogP contribution in [0.25, 0.3) is 11.4 Å². The molecule has 4 aromatic rings. The highest BCUT2D eigenvalue weighted by Crippen LogP contribution is 2.56. The third-order valence-electron chi connectivity index (χ3n) is 5.54. The number of aromatic nitrogens is 3. The Morgan fingerprint density at radius 3 is 2.19 bits per heavy atom. The molecule has 2 aromatic heterocycles. The number of carbonyl (C=O) groups excluding carboxylic acids is 2. The zero-order valence-electron chi connectivity index (χ0n) is 16.1. The van der Waals surface area contributed by atoms with Gasteiger partial charge in [-0.1, -0.05) is 47.6 Å². The molecule has 0 aliphatic carbocycles. The minimum Gasteiger partial charge on any atom is -0.337 e. The number of amides is 2. The number of benzene rings is 2. The van der Waals surface area contributed by atoms with Gasteiger partial charge in [0.15, 0.2) is 0 Å². The molecule has 4 heterocycles. The maximum absolute atomic E-state index is 13.1. The topological polar surface area (TPSA) is 92.2 Å². The van der Waals surface area contributed by atoms with E-state index in [1.54, 1.807) is 47.7 Å². The fraction of sp³-hybridized carbons (Fsp3) is 0.0870. The summed E-state index contributed by atoms with van der Waals surface area (Å²) < 4.78 is 5.55. The first kappa shape index (κ1) is 17.7. The summed E-state index contributed by atoms with van der Waals surface area (Å²) in [4.78, 5) is 34.7. The Labute approximate surface area is 176 Å². The fourth-order valence-electron chi connectivity index (χ4n) is 4.06. The van der Waals surface area contributed by atoms with Gasteiger partial charge in [-0.2, -0.15) is 9.99 Å². The van der Waals surface area contributed by atoms with Gasteiger partial charge in [-0.15, -0.1) is 0 Å². The number of hydrazine groups is 1. The summed E-state index contributed by atoms with van der Waals surface area (Å²) in [5.41, 5.74) is 2.46. The van der Waals surface area contributed by atoms with Crippen molar-refractivity contribution in [1.82, 2.24) is 25.1 Å². The predicted octanol–water partition coefficient (Wildman–Crippen LogP) is 3.44. The molecule has 2 aliphatic heterocycles. The number of imide groups is 1. The van der Waals surface area contributed by atoms with Crippen molar-refractivity contribution < 1.29 is 14.1 Å². The van der Waals surface area contributed by atoms with E-state index in [9.17, 15) is 9.59 Å². The second-order valence-corrected chi connectivity index (χ2v) is 7.35. The molecule has 3 atom stereocenters. The Morgan fingerprint density at radius 1 is 0.806 bits per heavy atom. The summed E-state index contributed by atoms with van der Waals surface area (Å²) >= 11 is 0. The first-order valence-corrected chi connectivity index (χ1v) is 9.79. The highest BCUT2D eigenvalue weighted by molar-refractivity contribution is 6.21. The van der Waals surface area contributed by atoms with Crippen molar-refractivity contribution in [3.8, 4) is 11.4 Å². The molecule has 1 fully saturated rings. The van der Waals surface area contributed by atoms with Crippen molar-refractivity contribution in [2.75, 3.05) is 0 Å². The van der Waals surface area contributed by atoms with Crippen LogP contribution in [0.5, 0.6) is 0 Å². The average Bonchev–Trinajstić information content (AvgIpc) is 3.23. The standard InChI is InChI=1S/C23H15N5O3/c29-22-16-10-4-5-11-17(16)23(30)28(22)27-18(14-7-2-1-3-8-14)19(27)21-25-20(26-31-21)15-9-6-12-24-13-15/h1-13,18-19H. The number of nitrogens with zero attached hydrogens (tertiary/aromatic N) is 5. The Hall–Kier alpha value is -4.17. The summed E-state index contributed by atoms with van der Waals surface area (Å²) in [5, 5.41) is 6.98. The number of pyridine rings is 1. The first-order chi connectivity index (χ1) is 15.2. The molecule has 2 aliphatic rings. The monoisotopic (exact) mass is 409 g/mol. The molecule has 0 N–H and O–H groups in total. The largest absolute Gasteiger partial charge is 0.337 e. The third-order valence-corrected chi connectivity index (χ3v) is 5.54. The van der Waals surface area contributed by atoms with Crippen molar-refractivity contribution in [3.63, 3.8) is 0 Å². The van der Waals surface area contributed by atoms with E-state index in [1.807, 2.05) is 36.4 Å². The number of hydrogen-bond acceptors (Lipinski definition) is 7. The number of fused-ring (bicyclic) bond motifs is 1. The number of carbonyl (C=O) groups is 2. The molecule has 0 radical (unpaired) electrons. The molecule has 0 bridgehead atoms. The molecule has 8 nitrogen and oxygen atoms in total. The van der Waals surface area contributed by atoms with Crippen LogP contribution in [0.2, 0.25) is 0 Å². The van der Waals surface area contributed by atoms with Crippen LogP contribution in [0.15, 0.2) is 83.6 Å². The SMILES string of the molecule is O=C1c2ccccc2C(=O)N1N1C(c2ccccc2)C1c1nc(-c2cccnc2)no1. The lowest BCUT2D eigenvalue weighted by Crippen LogP contribution is -2.35. The van der Waals surface area contributed by atoms with Gasteiger partial charge in [0.05, 0.1) is 17.2 Å². The van der Waals surface area contributed by atoms with Crippen molar-refractivity contribution >= 4 is 11.8 Å². The lowest BCUT2D eigenvalue weighted by molar-refractivity contribution is 0.0332. The van der Waals surface area contributed by atoms with E-state index < -0.39 is 6.04 Å². The maximum Gasteiger partial charge on any atom is 0.276 e. The summed E-state index contributed by atoms with van der Waals surface area (Å²) in [5.74, 6) is 0.0421. The van der Waals surface area contributed by atoms with E-state index in [1.165, 1.54) is 5.01 Å². The zero-order chi connectivity index (χ0) is 20.9. The highest BCUT2D eigenvalue weighted by atomic mass is 16.5. The van der Waals surface area contributed by atoms with Crippen LogP contribution in [0.1, 0.15) is 44.3 Å². The van der Waals surface area contributed by atoms with Gasteiger partial charge < -0.3 is 4.52 Å². The summed E-state index contributed by atoms with van der Waals surface area (Å²) in [6, 6.07) is 19.4. The predicted molar refractivity (Wildman–Crippen MR) is 108 cm³/mol. The van der Waals surface area contributed by atoms with Gasteiger partial charge >= 0.3 is 0 Å². The van der Waals surface area contributed by atoms with Gasteiger partial charge in [0.1, 0.15) is 6.04 Å². The van der Waals surface area contributed by atoms with E-state index in [2.05, 4.69) is 15.1 Å². The molecule has 1 saturated heterocycles. The van der Waals surface area contributed by atoms with E-state index in [0.29, 0.717) is 22.8 Å². The normalized spacial score (nSPS) is 21.9. The van der Waals surface area contributed by atoms with Crippen LogP contribution in [-0.4, -0.2) is 37.0 Å². The maximum atomic E-state index is 13.1. The number of hydrogen-bond donors (Lipinski definition) is 0. The molecular formula is C23H15N5O3. The fourth-order valence-corrected chi connectivity index (χ4v) is 4.06. The molecule has 31 heavy (non-hydrogen) atoms. The molecule has 0 saturated carbocycles. The Morgan fingerprint density at radius 2 is 1.52 bits per heavy atom. The molecule has 2 aromatic carbocycles. The van der Waals surface area contributed by atoms with Crippen molar-refractivity contribution in [3.05, 3.63) is 102 Å².